The molecule has 0 fully saturated rings. The average molecular weight is 619 g/mol. The van der Waals surface area contributed by atoms with Crippen molar-refractivity contribution in [3.05, 3.63) is 0 Å². The molecule has 0 bridgehead atoms. The second-order valence-electron chi connectivity index (χ2n) is 17.4. The van der Waals surface area contributed by atoms with E-state index in [-0.39, 0.29) is 0 Å². The van der Waals surface area contributed by atoms with E-state index < -0.39 is 14.1 Å². The van der Waals surface area contributed by atoms with Gasteiger partial charge in [0, 0.05) is 0 Å². The zero-order chi connectivity index (χ0) is 32.6. The Morgan fingerprint density at radius 1 is 0.302 bits per heavy atom. The highest BCUT2D eigenvalue weighted by Crippen LogP contribution is 2.32. The molecule has 0 saturated carbocycles. The molecule has 0 aliphatic heterocycles. The molecule has 0 heterocycles. The van der Waals surface area contributed by atoms with Crippen molar-refractivity contribution in [2.75, 3.05) is 0 Å². The van der Waals surface area contributed by atoms with Gasteiger partial charge in [-0.25, -0.2) is 0 Å². The van der Waals surface area contributed by atoms with Gasteiger partial charge in [-0.05, 0) is 54.8 Å². The summed E-state index contributed by atoms with van der Waals surface area (Å²) in [5, 5.41) is 4.82. The molecule has 0 rings (SSSR count). The molecule has 0 aromatic rings. The molecule has 0 amide bonds. The first kappa shape index (κ1) is 43.5. The van der Waals surface area contributed by atoms with Crippen molar-refractivity contribution in [3.8, 4) is 0 Å². The van der Waals surface area contributed by atoms with Crippen LogP contribution in [0.5, 0.6) is 0 Å². The lowest BCUT2D eigenvalue weighted by Crippen LogP contribution is -2.24. The minimum Gasteiger partial charge on any atom is -0.0912 e. The fourth-order valence-corrected chi connectivity index (χ4v) is 13.6. The first-order chi connectivity index (χ1) is 20.4. The van der Waals surface area contributed by atoms with Crippen LogP contribution in [0.3, 0.4) is 0 Å². The maximum absolute atomic E-state index is 2.63. The topological polar surface area (TPSA) is 0 Å². The van der Waals surface area contributed by atoms with E-state index in [2.05, 4.69) is 83.1 Å². The summed E-state index contributed by atoms with van der Waals surface area (Å²) < 4.78 is 0. The maximum atomic E-state index is 2.63. The molecule has 0 N–H and O–H groups in total. The summed E-state index contributed by atoms with van der Waals surface area (Å²) in [4.78, 5) is 0. The summed E-state index contributed by atoms with van der Waals surface area (Å²) >= 11 is -0.743. The Labute approximate surface area is 280 Å². The van der Waals surface area contributed by atoms with Gasteiger partial charge in [0.1, 0.15) is 0 Å². The predicted molar refractivity (Wildman–Crippen MR) is 203 cm³/mol. The van der Waals surface area contributed by atoms with Crippen LogP contribution in [0.15, 0.2) is 0 Å². The van der Waals surface area contributed by atoms with E-state index in [1.807, 2.05) is 0 Å². The largest absolute Gasteiger partial charge is 0.262 e. The molecule has 0 saturated heterocycles. The van der Waals surface area contributed by atoms with Gasteiger partial charge in [0.25, 0.3) is 14.1 Å². The Morgan fingerprint density at radius 2 is 0.535 bits per heavy atom. The second kappa shape index (κ2) is 27.6. The molecule has 0 spiro atoms. The Morgan fingerprint density at radius 3 is 0.767 bits per heavy atom. The Hall–Kier alpha value is 0.532. The zero-order valence-electron chi connectivity index (χ0n) is 32.6. The fraction of sp³-hybridized carbons (Fsp3) is 1.00. The summed E-state index contributed by atoms with van der Waals surface area (Å²) in [7, 11) is 0. The molecule has 43 heavy (non-hydrogen) atoms. The summed E-state index contributed by atoms with van der Waals surface area (Å²) in [6.45, 7) is 30.0. The highest BCUT2D eigenvalue weighted by Gasteiger charge is 2.27. The van der Waals surface area contributed by atoms with E-state index in [4.69, 9.17) is 0 Å². The summed E-state index contributed by atoms with van der Waals surface area (Å²) in [6.07, 6.45) is 25.8. The van der Waals surface area contributed by atoms with E-state index in [1.165, 1.54) is 116 Å². The molecule has 0 aromatic carbocycles. The molecule has 9 atom stereocenters. The van der Waals surface area contributed by atoms with Crippen LogP contribution in [-0.4, -0.2) is 14.1 Å². The van der Waals surface area contributed by atoms with Crippen LogP contribution in [0.1, 0.15) is 199 Å². The maximum Gasteiger partial charge on any atom is 0.262 e. The van der Waals surface area contributed by atoms with Gasteiger partial charge in [-0.1, -0.05) is 213 Å². The predicted octanol–water partition coefficient (Wildman–Crippen LogP) is 15.3. The minimum absolute atomic E-state index is 0.743. The quantitative estimate of drug-likeness (QED) is 0.0702. The minimum atomic E-state index is -0.743. The van der Waals surface area contributed by atoms with Crippen LogP contribution < -0.4 is 0 Å². The van der Waals surface area contributed by atoms with Gasteiger partial charge in [0.2, 0.25) is 0 Å². The van der Waals surface area contributed by atoms with Crippen molar-refractivity contribution in [2.24, 2.45) is 53.3 Å². The average Bonchev–Trinajstić information content (AvgIpc) is 2.88. The normalized spacial score (nSPS) is 18.4. The summed E-state index contributed by atoms with van der Waals surface area (Å²) in [6, 6.07) is 0. The molecule has 1 heteroatoms. The highest BCUT2D eigenvalue weighted by atomic mass is 27.2. The van der Waals surface area contributed by atoms with Crippen LogP contribution in [0.4, 0.5) is 0 Å². The van der Waals surface area contributed by atoms with Gasteiger partial charge in [0.05, 0.1) is 0 Å². The first-order valence-electron chi connectivity index (χ1n) is 20.4. The molecule has 0 aliphatic rings. The lowest BCUT2D eigenvalue weighted by Gasteiger charge is -2.27. The van der Waals surface area contributed by atoms with E-state index in [0.717, 1.165) is 53.3 Å². The lowest BCUT2D eigenvalue weighted by molar-refractivity contribution is 0.364. The highest BCUT2D eigenvalue weighted by molar-refractivity contribution is 6.59. The number of hydrogen-bond acceptors (Lipinski definition) is 0. The van der Waals surface area contributed by atoms with Gasteiger partial charge in [-0.3, -0.25) is 0 Å². The zero-order valence-corrected chi connectivity index (χ0v) is 33.8. The second-order valence-corrected chi connectivity index (χ2v) is 20.5. The molecule has 9 unspecified atom stereocenters. The van der Waals surface area contributed by atoms with Gasteiger partial charge < -0.3 is 0 Å². The molecular formula is C42H87Al. The molecular weight excluding hydrogens is 531 g/mol. The van der Waals surface area contributed by atoms with E-state index in [9.17, 15) is 0 Å². The Balaban J connectivity index is 4.93. The van der Waals surface area contributed by atoms with Gasteiger partial charge in [-0.2, -0.15) is 0 Å². The SMILES string of the molecule is CCCC(C)CCCC(C)CC(C)[CH2][Al]([CH2]C(C)CC(C)CCCC(C)CCC)[CH2]C(C)CC(C)CCCC(C)CCC. The lowest BCUT2D eigenvalue weighted by atomic mass is 9.91. The molecule has 0 radical (unpaired) electrons. The van der Waals surface area contributed by atoms with Gasteiger partial charge in [0.15, 0.2) is 0 Å². The standard InChI is InChI=1S/3C14H29.Al/c3*1-6-8-13(4)9-7-10-14(5)11-12(2)3;/h3*12-14H,2,6-11H2,1,3-5H3;. The van der Waals surface area contributed by atoms with Crippen molar-refractivity contribution in [3.63, 3.8) is 0 Å². The first-order valence-corrected chi connectivity index (χ1v) is 22.8. The van der Waals surface area contributed by atoms with Crippen LogP contribution >= 0.6 is 0 Å². The smallest absolute Gasteiger partial charge is 0.0912 e. The van der Waals surface area contributed by atoms with E-state index >= 15 is 0 Å². The van der Waals surface area contributed by atoms with Crippen LogP contribution in [0, 0.1) is 53.3 Å². The third kappa shape index (κ3) is 26.3. The van der Waals surface area contributed by atoms with Crippen molar-refractivity contribution in [1.82, 2.24) is 0 Å². The van der Waals surface area contributed by atoms with Crippen molar-refractivity contribution in [2.45, 2.75) is 215 Å². The third-order valence-electron chi connectivity index (χ3n) is 11.1. The molecule has 0 nitrogen and oxygen atoms in total. The fourth-order valence-electron chi connectivity index (χ4n) is 9.05. The molecule has 0 aliphatic carbocycles. The van der Waals surface area contributed by atoms with Crippen LogP contribution in [0.25, 0.3) is 0 Å². The monoisotopic (exact) mass is 619 g/mol. The molecule has 258 valence electrons. The van der Waals surface area contributed by atoms with Crippen molar-refractivity contribution in [1.29, 1.82) is 0 Å². The summed E-state index contributed by atoms with van der Waals surface area (Å²) in [5.41, 5.74) is 0. The van der Waals surface area contributed by atoms with E-state index in [0.29, 0.717) is 0 Å². The Kier molecular flexibility index (Phi) is 28.0. The van der Waals surface area contributed by atoms with Crippen molar-refractivity contribution >= 4 is 14.1 Å². The number of hydrogen-bond donors (Lipinski definition) is 0. The van der Waals surface area contributed by atoms with Gasteiger partial charge in [-0.15, -0.1) is 0 Å². The number of rotatable bonds is 30. The third-order valence-corrected chi connectivity index (χ3v) is 15.6. The van der Waals surface area contributed by atoms with E-state index in [1.54, 1.807) is 15.8 Å². The summed E-state index contributed by atoms with van der Waals surface area (Å²) in [5.74, 6) is 8.35. The van der Waals surface area contributed by atoms with Crippen LogP contribution in [0.2, 0.25) is 15.8 Å². The van der Waals surface area contributed by atoms with Gasteiger partial charge >= 0.3 is 0 Å². The Bertz CT molecular complexity index is 505. The molecule has 0 aromatic heterocycles. The van der Waals surface area contributed by atoms with Crippen LogP contribution in [-0.2, 0) is 0 Å². The van der Waals surface area contributed by atoms with Crippen molar-refractivity contribution < 1.29 is 0 Å².